The summed E-state index contributed by atoms with van der Waals surface area (Å²) in [5, 5.41) is 6.50. The summed E-state index contributed by atoms with van der Waals surface area (Å²) in [4.78, 5) is 12.4. The SMILES string of the molecule is Cc1c(C(NC(=O)Nc2ccccc2)C(C)C)oc2ccc(F)cc12. The van der Waals surface area contributed by atoms with Crippen LogP contribution in [0.25, 0.3) is 11.0 Å². The molecular formula is C20H21FN2O2. The summed E-state index contributed by atoms with van der Waals surface area (Å²) >= 11 is 0. The van der Waals surface area contributed by atoms with E-state index in [1.165, 1.54) is 12.1 Å². The number of urea groups is 1. The second-order valence-electron chi connectivity index (χ2n) is 6.42. The number of hydrogen-bond donors (Lipinski definition) is 2. The van der Waals surface area contributed by atoms with E-state index in [1.807, 2.05) is 51.1 Å². The quantitative estimate of drug-likeness (QED) is 0.668. The number of rotatable bonds is 4. The molecule has 1 unspecified atom stereocenters. The van der Waals surface area contributed by atoms with Crippen molar-refractivity contribution in [1.82, 2.24) is 5.32 Å². The van der Waals surface area contributed by atoms with E-state index in [1.54, 1.807) is 6.07 Å². The molecule has 4 nitrogen and oxygen atoms in total. The molecule has 3 aromatic rings. The Bertz CT molecular complexity index is 887. The van der Waals surface area contributed by atoms with Crippen molar-refractivity contribution in [1.29, 1.82) is 0 Å². The fraction of sp³-hybridized carbons (Fsp3) is 0.250. The summed E-state index contributed by atoms with van der Waals surface area (Å²) in [6.07, 6.45) is 0. The van der Waals surface area contributed by atoms with Gasteiger partial charge in [-0.05, 0) is 43.2 Å². The predicted octanol–water partition coefficient (Wildman–Crippen LogP) is 5.40. The molecule has 0 aliphatic carbocycles. The summed E-state index contributed by atoms with van der Waals surface area (Å²) in [6.45, 7) is 5.88. The number of benzene rings is 2. The molecule has 1 heterocycles. The zero-order chi connectivity index (χ0) is 18.0. The average molecular weight is 340 g/mol. The molecule has 0 bridgehead atoms. The number of carbonyl (C=O) groups is 1. The van der Waals surface area contributed by atoms with Crippen LogP contribution in [0.5, 0.6) is 0 Å². The first kappa shape index (κ1) is 17.0. The molecule has 0 aliphatic heterocycles. The number of furan rings is 1. The van der Waals surface area contributed by atoms with E-state index in [4.69, 9.17) is 4.42 Å². The average Bonchev–Trinajstić information content (AvgIpc) is 2.90. The van der Waals surface area contributed by atoms with Crippen molar-refractivity contribution in [2.24, 2.45) is 5.92 Å². The lowest BCUT2D eigenvalue weighted by Crippen LogP contribution is -2.35. The third-order valence-electron chi connectivity index (χ3n) is 4.20. The van der Waals surface area contributed by atoms with Crippen molar-refractivity contribution in [3.8, 4) is 0 Å². The minimum absolute atomic E-state index is 0.102. The van der Waals surface area contributed by atoms with Gasteiger partial charge in [-0.15, -0.1) is 0 Å². The molecule has 0 saturated heterocycles. The zero-order valence-corrected chi connectivity index (χ0v) is 14.5. The molecule has 2 amide bonds. The van der Waals surface area contributed by atoms with Gasteiger partial charge in [-0.2, -0.15) is 0 Å². The second kappa shape index (κ2) is 6.97. The number of halogens is 1. The largest absolute Gasteiger partial charge is 0.459 e. The Morgan fingerprint density at radius 2 is 1.84 bits per heavy atom. The van der Waals surface area contributed by atoms with Crippen LogP contribution in [0, 0.1) is 18.7 Å². The highest BCUT2D eigenvalue weighted by molar-refractivity contribution is 5.89. The highest BCUT2D eigenvalue weighted by Crippen LogP contribution is 2.33. The van der Waals surface area contributed by atoms with Crippen LogP contribution in [-0.4, -0.2) is 6.03 Å². The molecule has 1 aromatic heterocycles. The van der Waals surface area contributed by atoms with Gasteiger partial charge in [-0.3, -0.25) is 0 Å². The van der Waals surface area contributed by atoms with Crippen LogP contribution < -0.4 is 10.6 Å². The van der Waals surface area contributed by atoms with Crippen molar-refractivity contribution >= 4 is 22.7 Å². The van der Waals surface area contributed by atoms with Gasteiger partial charge in [-0.25, -0.2) is 9.18 Å². The highest BCUT2D eigenvalue weighted by Gasteiger charge is 2.25. The molecule has 5 heteroatoms. The lowest BCUT2D eigenvalue weighted by molar-refractivity contribution is 0.241. The van der Waals surface area contributed by atoms with Crippen LogP contribution in [0.1, 0.15) is 31.2 Å². The van der Waals surface area contributed by atoms with E-state index in [0.29, 0.717) is 17.0 Å². The Balaban J connectivity index is 1.86. The monoisotopic (exact) mass is 340 g/mol. The minimum atomic E-state index is -0.320. The van der Waals surface area contributed by atoms with Gasteiger partial charge in [0, 0.05) is 16.6 Å². The van der Waals surface area contributed by atoms with Crippen LogP contribution >= 0.6 is 0 Å². The second-order valence-corrected chi connectivity index (χ2v) is 6.42. The summed E-state index contributed by atoms with van der Waals surface area (Å²) < 4.78 is 19.4. The molecule has 0 saturated carbocycles. The first-order chi connectivity index (χ1) is 12.0. The lowest BCUT2D eigenvalue weighted by atomic mass is 9.98. The molecule has 130 valence electrons. The van der Waals surface area contributed by atoms with Gasteiger partial charge >= 0.3 is 6.03 Å². The molecule has 2 aromatic carbocycles. The Labute approximate surface area is 146 Å². The van der Waals surface area contributed by atoms with Gasteiger partial charge in [-0.1, -0.05) is 32.0 Å². The summed E-state index contributed by atoms with van der Waals surface area (Å²) in [5.74, 6) is 0.447. The molecule has 25 heavy (non-hydrogen) atoms. The number of para-hydroxylation sites is 1. The van der Waals surface area contributed by atoms with Crippen LogP contribution in [0.2, 0.25) is 0 Å². The highest BCUT2D eigenvalue weighted by atomic mass is 19.1. The van der Waals surface area contributed by atoms with Crippen LogP contribution in [0.4, 0.5) is 14.9 Å². The number of aryl methyl sites for hydroxylation is 1. The van der Waals surface area contributed by atoms with Crippen molar-refractivity contribution in [3.63, 3.8) is 0 Å². The van der Waals surface area contributed by atoms with E-state index in [9.17, 15) is 9.18 Å². The summed E-state index contributed by atoms with van der Waals surface area (Å²) in [7, 11) is 0. The topological polar surface area (TPSA) is 54.3 Å². The fourth-order valence-electron chi connectivity index (χ4n) is 2.87. The van der Waals surface area contributed by atoms with E-state index in [2.05, 4.69) is 10.6 Å². The smallest absolute Gasteiger partial charge is 0.319 e. The minimum Gasteiger partial charge on any atom is -0.459 e. The van der Waals surface area contributed by atoms with Gasteiger partial charge < -0.3 is 15.1 Å². The molecule has 1 atom stereocenters. The number of amides is 2. The molecule has 0 aliphatic rings. The Morgan fingerprint density at radius 3 is 2.52 bits per heavy atom. The maximum atomic E-state index is 13.5. The Hall–Kier alpha value is -2.82. The Kier molecular flexibility index (Phi) is 4.74. The van der Waals surface area contributed by atoms with Crippen LogP contribution in [-0.2, 0) is 0 Å². The molecule has 2 N–H and O–H groups in total. The van der Waals surface area contributed by atoms with Gasteiger partial charge in [0.15, 0.2) is 0 Å². The fourth-order valence-corrected chi connectivity index (χ4v) is 2.87. The zero-order valence-electron chi connectivity index (χ0n) is 14.5. The molecule has 0 spiro atoms. The standard InChI is InChI=1S/C20H21FN2O2/c1-12(2)18(23-20(24)22-15-7-5-4-6-8-15)19-13(3)16-11-14(21)9-10-17(16)25-19/h4-12,18H,1-3H3,(H2,22,23,24). The van der Waals surface area contributed by atoms with Gasteiger partial charge in [0.2, 0.25) is 0 Å². The number of nitrogens with one attached hydrogen (secondary N) is 2. The van der Waals surface area contributed by atoms with E-state index in [-0.39, 0.29) is 23.8 Å². The lowest BCUT2D eigenvalue weighted by Gasteiger charge is -2.21. The molecule has 0 radical (unpaired) electrons. The first-order valence-electron chi connectivity index (χ1n) is 8.27. The number of hydrogen-bond acceptors (Lipinski definition) is 2. The third kappa shape index (κ3) is 3.65. The maximum absolute atomic E-state index is 13.5. The van der Waals surface area contributed by atoms with Crippen LogP contribution in [0.3, 0.4) is 0 Å². The molecule has 0 fully saturated rings. The third-order valence-corrected chi connectivity index (χ3v) is 4.20. The van der Waals surface area contributed by atoms with E-state index >= 15 is 0 Å². The van der Waals surface area contributed by atoms with Gasteiger partial charge in [0.25, 0.3) is 0 Å². The van der Waals surface area contributed by atoms with Crippen LogP contribution in [0.15, 0.2) is 52.9 Å². The summed E-state index contributed by atoms with van der Waals surface area (Å²) in [5.41, 5.74) is 2.17. The van der Waals surface area contributed by atoms with Crippen molar-refractivity contribution in [2.75, 3.05) is 5.32 Å². The number of carbonyl (C=O) groups excluding carboxylic acids is 1. The Morgan fingerprint density at radius 1 is 1.12 bits per heavy atom. The van der Waals surface area contributed by atoms with E-state index in [0.717, 1.165) is 10.9 Å². The van der Waals surface area contributed by atoms with E-state index < -0.39 is 0 Å². The number of anilines is 1. The molecule has 3 rings (SSSR count). The first-order valence-corrected chi connectivity index (χ1v) is 8.27. The predicted molar refractivity (Wildman–Crippen MR) is 97.1 cm³/mol. The van der Waals surface area contributed by atoms with Crippen molar-refractivity contribution < 1.29 is 13.6 Å². The van der Waals surface area contributed by atoms with Gasteiger partial charge in [0.1, 0.15) is 17.2 Å². The normalized spacial score (nSPS) is 12.4. The van der Waals surface area contributed by atoms with Crippen molar-refractivity contribution in [3.05, 3.63) is 65.7 Å². The van der Waals surface area contributed by atoms with Gasteiger partial charge in [0.05, 0.1) is 6.04 Å². The molecular weight excluding hydrogens is 319 g/mol. The number of fused-ring (bicyclic) bond motifs is 1. The van der Waals surface area contributed by atoms with Crippen molar-refractivity contribution in [2.45, 2.75) is 26.8 Å². The maximum Gasteiger partial charge on any atom is 0.319 e. The summed E-state index contributed by atoms with van der Waals surface area (Å²) in [6, 6.07) is 13.0.